The first-order chi connectivity index (χ1) is 21.9. The van der Waals surface area contributed by atoms with Crippen LogP contribution in [0.1, 0.15) is 31.0 Å². The number of hydrogen-bond donors (Lipinski definition) is 3. The molecule has 4 aromatic carbocycles. The van der Waals surface area contributed by atoms with Crippen molar-refractivity contribution in [3.8, 4) is 34.4 Å². The van der Waals surface area contributed by atoms with Gasteiger partial charge in [0, 0.05) is 11.3 Å². The van der Waals surface area contributed by atoms with E-state index in [-0.39, 0.29) is 11.7 Å². The summed E-state index contributed by atoms with van der Waals surface area (Å²) in [5.74, 6) is 2.40. The summed E-state index contributed by atoms with van der Waals surface area (Å²) in [6, 6.07) is 28.8. The number of benzene rings is 4. The molecule has 0 bridgehead atoms. The molecule has 0 radical (unpaired) electrons. The molecule has 0 fully saturated rings. The Balaban J connectivity index is 1.42. The van der Waals surface area contributed by atoms with Crippen LogP contribution in [0, 0.1) is 0 Å². The van der Waals surface area contributed by atoms with Crippen molar-refractivity contribution in [3.05, 3.63) is 119 Å². The predicted octanol–water partition coefficient (Wildman–Crippen LogP) is 6.56. The number of phenols is 1. The van der Waals surface area contributed by atoms with Crippen LogP contribution >= 0.6 is 0 Å². The monoisotopic (exact) mass is 603 g/mol. The smallest absolute Gasteiger partial charge is 0.255 e. The van der Waals surface area contributed by atoms with Crippen LogP contribution in [-0.2, 0) is 11.4 Å². The van der Waals surface area contributed by atoms with Gasteiger partial charge in [0.15, 0.2) is 17.3 Å². The van der Waals surface area contributed by atoms with Crippen molar-refractivity contribution in [2.75, 3.05) is 24.4 Å². The molecule has 3 N–H and O–H groups in total. The van der Waals surface area contributed by atoms with Gasteiger partial charge in [-0.3, -0.25) is 4.79 Å². The number of rotatable bonds is 10. The minimum Gasteiger partial charge on any atom is -0.508 e. The van der Waals surface area contributed by atoms with Crippen LogP contribution in [0.25, 0.3) is 11.4 Å². The number of hydrogen-bond acceptors (Lipinski definition) is 8. The Labute approximate surface area is 260 Å². The Hall–Kier alpha value is -5.77. The molecule has 2 heterocycles. The van der Waals surface area contributed by atoms with Crippen LogP contribution in [0.5, 0.6) is 23.0 Å². The third kappa shape index (κ3) is 6.16. The molecule has 1 aromatic heterocycles. The van der Waals surface area contributed by atoms with Gasteiger partial charge in [0.1, 0.15) is 24.1 Å². The highest BCUT2D eigenvalue weighted by Gasteiger charge is 2.35. The van der Waals surface area contributed by atoms with Crippen molar-refractivity contribution in [2.45, 2.75) is 26.5 Å². The minimum atomic E-state index is -0.670. The fourth-order valence-electron chi connectivity index (χ4n) is 5.24. The molecule has 6 rings (SSSR count). The number of amides is 1. The van der Waals surface area contributed by atoms with E-state index in [9.17, 15) is 9.90 Å². The third-order valence-corrected chi connectivity index (χ3v) is 7.40. The topological polar surface area (TPSA) is 120 Å². The van der Waals surface area contributed by atoms with Crippen LogP contribution in [0.15, 0.2) is 108 Å². The number of ether oxygens (including phenoxy) is 3. The molecule has 45 heavy (non-hydrogen) atoms. The minimum absolute atomic E-state index is 0.143. The normalized spacial score (nSPS) is 13.9. The van der Waals surface area contributed by atoms with E-state index in [1.165, 1.54) is 0 Å². The fourth-order valence-corrected chi connectivity index (χ4v) is 5.24. The van der Waals surface area contributed by atoms with Gasteiger partial charge in [0.2, 0.25) is 5.95 Å². The van der Waals surface area contributed by atoms with Crippen molar-refractivity contribution < 1.29 is 24.1 Å². The highest BCUT2D eigenvalue weighted by Crippen LogP contribution is 2.40. The molecular weight excluding hydrogens is 570 g/mol. The molecule has 0 aliphatic carbocycles. The number of carbonyl (C=O) groups excluding carboxylic acids is 1. The summed E-state index contributed by atoms with van der Waals surface area (Å²) in [4.78, 5) is 18.8. The lowest BCUT2D eigenvalue weighted by Gasteiger charge is -2.29. The van der Waals surface area contributed by atoms with Crippen LogP contribution in [0.4, 0.5) is 11.6 Å². The van der Waals surface area contributed by atoms with E-state index in [0.29, 0.717) is 64.8 Å². The van der Waals surface area contributed by atoms with Gasteiger partial charge in [-0.05, 0) is 73.5 Å². The highest BCUT2D eigenvalue weighted by atomic mass is 16.5. The highest BCUT2D eigenvalue weighted by molar-refractivity contribution is 6.06. The molecule has 228 valence electrons. The van der Waals surface area contributed by atoms with E-state index in [2.05, 4.69) is 10.6 Å². The second kappa shape index (κ2) is 12.8. The van der Waals surface area contributed by atoms with Gasteiger partial charge in [0.25, 0.3) is 5.91 Å². The van der Waals surface area contributed by atoms with Crippen molar-refractivity contribution in [1.82, 2.24) is 14.8 Å². The molecule has 1 atom stereocenters. The number of fused-ring (bicyclic) bond motifs is 1. The first kappa shape index (κ1) is 29.3. The maximum Gasteiger partial charge on any atom is 0.255 e. The molecule has 0 spiro atoms. The first-order valence-corrected chi connectivity index (χ1v) is 14.6. The average molecular weight is 604 g/mol. The number of carbonyl (C=O) groups is 1. The number of nitrogens with one attached hydrogen (secondary N) is 2. The van der Waals surface area contributed by atoms with E-state index < -0.39 is 6.04 Å². The van der Waals surface area contributed by atoms with Gasteiger partial charge in [-0.25, -0.2) is 4.68 Å². The average Bonchev–Trinajstić information content (AvgIpc) is 3.48. The molecule has 5 aromatic rings. The van der Waals surface area contributed by atoms with E-state index in [1.807, 2.05) is 74.5 Å². The summed E-state index contributed by atoms with van der Waals surface area (Å²) in [6.45, 7) is 4.55. The van der Waals surface area contributed by atoms with E-state index in [4.69, 9.17) is 24.3 Å². The summed E-state index contributed by atoms with van der Waals surface area (Å²) < 4.78 is 19.4. The Kier molecular flexibility index (Phi) is 8.37. The van der Waals surface area contributed by atoms with Gasteiger partial charge in [-0.2, -0.15) is 4.98 Å². The van der Waals surface area contributed by atoms with Crippen molar-refractivity contribution >= 4 is 17.5 Å². The number of para-hydroxylation sites is 2. The van der Waals surface area contributed by atoms with Gasteiger partial charge in [0.05, 0.1) is 25.0 Å². The number of aromatic nitrogens is 3. The number of anilines is 2. The Morgan fingerprint density at radius 3 is 2.44 bits per heavy atom. The lowest BCUT2D eigenvalue weighted by Crippen LogP contribution is -2.31. The zero-order valence-electron chi connectivity index (χ0n) is 25.2. The zero-order valence-corrected chi connectivity index (χ0v) is 25.2. The maximum atomic E-state index is 14.1. The molecule has 1 aliphatic rings. The number of allylic oxidation sites excluding steroid dienone is 1. The molecule has 1 aliphatic heterocycles. The number of nitrogens with zero attached hydrogens (tertiary/aromatic N) is 3. The van der Waals surface area contributed by atoms with Gasteiger partial charge >= 0.3 is 0 Å². The van der Waals surface area contributed by atoms with Crippen LogP contribution in [0.2, 0.25) is 0 Å². The van der Waals surface area contributed by atoms with Crippen molar-refractivity contribution in [1.29, 1.82) is 0 Å². The molecule has 1 amide bonds. The lowest BCUT2D eigenvalue weighted by molar-refractivity contribution is -0.113. The second-order valence-electron chi connectivity index (χ2n) is 10.4. The summed E-state index contributed by atoms with van der Waals surface area (Å²) in [7, 11) is 1.56. The zero-order chi connectivity index (χ0) is 31.3. The molecule has 10 heteroatoms. The molecule has 0 saturated heterocycles. The Morgan fingerprint density at radius 1 is 0.933 bits per heavy atom. The van der Waals surface area contributed by atoms with Crippen LogP contribution in [-0.4, -0.2) is 39.5 Å². The molecule has 0 saturated carbocycles. The van der Waals surface area contributed by atoms with Gasteiger partial charge < -0.3 is 30.0 Å². The van der Waals surface area contributed by atoms with Gasteiger partial charge in [-0.15, -0.1) is 5.10 Å². The molecule has 1 unspecified atom stereocenters. The van der Waals surface area contributed by atoms with Crippen LogP contribution in [0.3, 0.4) is 0 Å². The number of methoxy groups -OCH3 is 1. The summed E-state index contributed by atoms with van der Waals surface area (Å²) >= 11 is 0. The van der Waals surface area contributed by atoms with E-state index in [0.717, 1.165) is 11.1 Å². The second-order valence-corrected chi connectivity index (χ2v) is 10.4. The van der Waals surface area contributed by atoms with Crippen LogP contribution < -0.4 is 24.8 Å². The molecule has 10 nitrogen and oxygen atoms in total. The Bertz CT molecular complexity index is 1850. The SMILES string of the molecule is CCOc1cc(C2C(C(=O)Nc3ccccc3OC)=C(C)Nc3nc(-c4ccc(O)cc4)nn32)ccc1OCc1ccccc1. The number of aromatic hydroxyl groups is 1. The summed E-state index contributed by atoms with van der Waals surface area (Å²) in [6.07, 6.45) is 0. The van der Waals surface area contributed by atoms with Crippen molar-refractivity contribution in [3.63, 3.8) is 0 Å². The fraction of sp³-hybridized carbons (Fsp3) is 0.171. The third-order valence-electron chi connectivity index (χ3n) is 7.40. The number of phenolic OH excluding ortho intramolecular Hbond substituents is 1. The van der Waals surface area contributed by atoms with Gasteiger partial charge in [-0.1, -0.05) is 48.5 Å². The summed E-state index contributed by atoms with van der Waals surface area (Å²) in [5.41, 5.74) is 4.10. The maximum absolute atomic E-state index is 14.1. The quantitative estimate of drug-likeness (QED) is 0.164. The molecular formula is C35H33N5O5. The van der Waals surface area contributed by atoms with Crippen molar-refractivity contribution in [2.24, 2.45) is 0 Å². The Morgan fingerprint density at radius 2 is 1.69 bits per heavy atom. The van der Waals surface area contributed by atoms with E-state index in [1.54, 1.807) is 48.2 Å². The van der Waals surface area contributed by atoms with E-state index >= 15 is 0 Å². The first-order valence-electron chi connectivity index (χ1n) is 14.6. The summed E-state index contributed by atoms with van der Waals surface area (Å²) in [5, 5.41) is 20.9. The predicted molar refractivity (Wildman–Crippen MR) is 172 cm³/mol. The standard InChI is InChI=1S/C35H33N5O5/c1-4-44-30-20-25(16-19-29(30)45-21-23-10-6-5-7-11-23)32-31(34(42)37-27-12-8-9-13-28(27)43-3)22(2)36-35-38-33(39-40(32)35)24-14-17-26(41)18-15-24/h5-20,32,41H,4,21H2,1-3H3,(H,37,42)(H,36,38,39). The largest absolute Gasteiger partial charge is 0.508 e. The lowest BCUT2D eigenvalue weighted by atomic mass is 9.94.